The molecule has 0 bridgehead atoms. The molecule has 3 nitrogen and oxygen atoms in total. The number of hydrogen-bond acceptors (Lipinski definition) is 4. The van der Waals surface area contributed by atoms with Gasteiger partial charge in [0, 0.05) is 17.8 Å². The normalized spacial score (nSPS) is 14.3. The van der Waals surface area contributed by atoms with Gasteiger partial charge in [-0.05, 0) is 35.8 Å². The lowest BCUT2D eigenvalue weighted by molar-refractivity contribution is 0.590. The number of hydrogen-bond donors (Lipinski definition) is 0. The Morgan fingerprint density at radius 1 is 1.14 bits per heavy atom. The third kappa shape index (κ3) is 2.82. The second kappa shape index (κ2) is 5.74. The van der Waals surface area contributed by atoms with E-state index >= 15 is 0 Å². The fourth-order valence-electron chi connectivity index (χ4n) is 2.68. The average molecular weight is 334 g/mol. The van der Waals surface area contributed by atoms with Crippen molar-refractivity contribution in [3.8, 4) is 0 Å². The van der Waals surface area contributed by atoms with Crippen LogP contribution in [-0.4, -0.2) is 22.8 Å². The predicted molar refractivity (Wildman–Crippen MR) is 94.7 cm³/mol. The molecule has 0 saturated carbocycles. The van der Waals surface area contributed by atoms with Crippen molar-refractivity contribution in [3.63, 3.8) is 0 Å². The number of benzene rings is 1. The van der Waals surface area contributed by atoms with E-state index in [1.807, 2.05) is 6.26 Å². The summed E-state index contributed by atoms with van der Waals surface area (Å²) in [4.78, 5) is 11.2. The van der Waals surface area contributed by atoms with Crippen molar-refractivity contribution in [3.05, 3.63) is 40.5 Å². The quantitative estimate of drug-likeness (QED) is 0.446. The highest BCUT2D eigenvalue weighted by atomic mass is 35.5. The van der Waals surface area contributed by atoms with Gasteiger partial charge in [-0.2, -0.15) is 0 Å². The Bertz CT molecular complexity index is 692. The van der Waals surface area contributed by atoms with Crippen molar-refractivity contribution in [1.29, 1.82) is 0 Å². The highest BCUT2D eigenvalue weighted by Gasteiger charge is 2.26. The summed E-state index contributed by atoms with van der Waals surface area (Å²) in [6.45, 7) is 7.58. The monoisotopic (exact) mass is 333 g/mol. The molecule has 3 rings (SSSR count). The lowest BCUT2D eigenvalue weighted by atomic mass is 9.87. The van der Waals surface area contributed by atoms with Crippen LogP contribution in [0.2, 0.25) is 5.15 Å². The van der Waals surface area contributed by atoms with E-state index in [9.17, 15) is 0 Å². The maximum atomic E-state index is 6.30. The number of halogens is 1. The second-order valence-electron chi connectivity index (χ2n) is 6.50. The molecule has 2 aromatic rings. The molecule has 0 spiro atoms. The molecule has 1 aromatic heterocycles. The zero-order valence-electron chi connectivity index (χ0n) is 13.4. The SMILES string of the molecule is CSc1nc(Cl)c2c(n1)N(c1ccc(C(C)(C)C)cc1)CC2. The van der Waals surface area contributed by atoms with Crippen LogP contribution in [0, 0.1) is 0 Å². The first-order valence-electron chi connectivity index (χ1n) is 7.38. The Morgan fingerprint density at radius 3 is 2.41 bits per heavy atom. The van der Waals surface area contributed by atoms with Crippen molar-refractivity contribution in [2.45, 2.75) is 37.8 Å². The number of aromatic nitrogens is 2. The fourth-order valence-corrected chi connectivity index (χ4v) is 3.35. The van der Waals surface area contributed by atoms with Crippen LogP contribution in [0.4, 0.5) is 11.5 Å². The third-order valence-electron chi connectivity index (χ3n) is 3.98. The lowest BCUT2D eigenvalue weighted by Gasteiger charge is -2.22. The van der Waals surface area contributed by atoms with E-state index in [-0.39, 0.29) is 5.41 Å². The molecule has 0 unspecified atom stereocenters. The number of fused-ring (bicyclic) bond motifs is 1. The maximum absolute atomic E-state index is 6.30. The van der Waals surface area contributed by atoms with E-state index in [0.29, 0.717) is 5.15 Å². The van der Waals surface area contributed by atoms with Gasteiger partial charge >= 0.3 is 0 Å². The molecule has 0 atom stereocenters. The number of anilines is 2. The molecule has 0 N–H and O–H groups in total. The molecule has 22 heavy (non-hydrogen) atoms. The van der Waals surface area contributed by atoms with Crippen LogP contribution in [0.15, 0.2) is 29.4 Å². The summed E-state index contributed by atoms with van der Waals surface area (Å²) in [5, 5.41) is 1.31. The van der Waals surface area contributed by atoms with Crippen molar-refractivity contribution in [2.75, 3.05) is 17.7 Å². The zero-order valence-corrected chi connectivity index (χ0v) is 14.9. The molecule has 5 heteroatoms. The minimum Gasteiger partial charge on any atom is -0.326 e. The molecule has 0 saturated heterocycles. The minimum atomic E-state index is 0.166. The Hall–Kier alpha value is -1.26. The van der Waals surface area contributed by atoms with Gasteiger partial charge in [0.25, 0.3) is 0 Å². The first-order valence-corrected chi connectivity index (χ1v) is 8.99. The lowest BCUT2D eigenvalue weighted by Crippen LogP contribution is -2.16. The van der Waals surface area contributed by atoms with E-state index < -0.39 is 0 Å². The van der Waals surface area contributed by atoms with Crippen molar-refractivity contribution in [2.24, 2.45) is 0 Å². The largest absolute Gasteiger partial charge is 0.326 e. The summed E-state index contributed by atoms with van der Waals surface area (Å²) in [6.07, 6.45) is 2.86. The van der Waals surface area contributed by atoms with Crippen molar-refractivity contribution >= 4 is 34.9 Å². The molecule has 0 aliphatic carbocycles. The first kappa shape index (κ1) is 15.6. The summed E-state index contributed by atoms with van der Waals surface area (Å²) < 4.78 is 0. The zero-order chi connectivity index (χ0) is 15.9. The van der Waals surface area contributed by atoms with E-state index in [4.69, 9.17) is 11.6 Å². The average Bonchev–Trinajstić information content (AvgIpc) is 2.90. The van der Waals surface area contributed by atoms with Crippen LogP contribution in [0.1, 0.15) is 31.9 Å². The minimum absolute atomic E-state index is 0.166. The van der Waals surface area contributed by atoms with Gasteiger partial charge in [-0.25, -0.2) is 9.97 Å². The van der Waals surface area contributed by atoms with E-state index in [0.717, 1.165) is 35.2 Å². The van der Waals surface area contributed by atoms with Gasteiger partial charge in [0.2, 0.25) is 0 Å². The summed E-state index contributed by atoms with van der Waals surface area (Å²) in [5.74, 6) is 0.952. The van der Waals surface area contributed by atoms with Gasteiger partial charge in [0.05, 0.1) is 0 Å². The summed E-state index contributed by atoms with van der Waals surface area (Å²) in [7, 11) is 0. The van der Waals surface area contributed by atoms with Crippen molar-refractivity contribution in [1.82, 2.24) is 9.97 Å². The van der Waals surface area contributed by atoms with Gasteiger partial charge in [0.15, 0.2) is 5.16 Å². The van der Waals surface area contributed by atoms with Gasteiger partial charge in [-0.1, -0.05) is 56.3 Å². The molecular weight excluding hydrogens is 314 g/mol. The summed E-state index contributed by atoms with van der Waals surface area (Å²) in [5.41, 5.74) is 3.72. The number of nitrogens with zero attached hydrogens (tertiary/aromatic N) is 3. The van der Waals surface area contributed by atoms with Crippen LogP contribution in [-0.2, 0) is 11.8 Å². The third-order valence-corrected chi connectivity index (χ3v) is 4.84. The van der Waals surface area contributed by atoms with Gasteiger partial charge in [0.1, 0.15) is 11.0 Å². The van der Waals surface area contributed by atoms with Crippen LogP contribution >= 0.6 is 23.4 Å². The molecule has 0 radical (unpaired) electrons. The first-order chi connectivity index (χ1) is 10.4. The van der Waals surface area contributed by atoms with Crippen LogP contribution in [0.25, 0.3) is 0 Å². The van der Waals surface area contributed by atoms with Crippen LogP contribution in [0.3, 0.4) is 0 Å². The molecular formula is C17H20ClN3S. The highest BCUT2D eigenvalue weighted by Crippen LogP contribution is 2.37. The van der Waals surface area contributed by atoms with Gasteiger partial charge < -0.3 is 4.90 Å². The fraction of sp³-hybridized carbons (Fsp3) is 0.412. The Balaban J connectivity index is 1.98. The molecule has 2 heterocycles. The van der Waals surface area contributed by atoms with Gasteiger partial charge in [-0.15, -0.1) is 0 Å². The van der Waals surface area contributed by atoms with Crippen LogP contribution < -0.4 is 4.90 Å². The highest BCUT2D eigenvalue weighted by molar-refractivity contribution is 7.98. The molecule has 1 aromatic carbocycles. The summed E-state index contributed by atoms with van der Waals surface area (Å²) in [6, 6.07) is 8.74. The Morgan fingerprint density at radius 2 is 1.82 bits per heavy atom. The molecule has 1 aliphatic heterocycles. The van der Waals surface area contributed by atoms with Crippen molar-refractivity contribution < 1.29 is 0 Å². The Labute approximate surface area is 141 Å². The standard InChI is InChI=1S/C17H20ClN3S/c1-17(2,3)11-5-7-12(8-6-11)21-10-9-13-14(18)19-16(22-4)20-15(13)21/h5-8H,9-10H2,1-4H3. The number of rotatable bonds is 2. The Kier molecular flexibility index (Phi) is 4.08. The molecule has 116 valence electrons. The predicted octanol–water partition coefficient (Wildman–Crippen LogP) is 4.84. The molecule has 0 fully saturated rings. The maximum Gasteiger partial charge on any atom is 0.190 e. The molecule has 1 aliphatic rings. The van der Waals surface area contributed by atoms with Crippen LogP contribution in [0.5, 0.6) is 0 Å². The topological polar surface area (TPSA) is 29.0 Å². The van der Waals surface area contributed by atoms with E-state index in [1.165, 1.54) is 17.3 Å². The summed E-state index contributed by atoms with van der Waals surface area (Å²) >= 11 is 7.82. The van der Waals surface area contributed by atoms with E-state index in [1.54, 1.807) is 0 Å². The smallest absolute Gasteiger partial charge is 0.190 e. The second-order valence-corrected chi connectivity index (χ2v) is 7.63. The molecule has 0 amide bonds. The van der Waals surface area contributed by atoms with E-state index in [2.05, 4.69) is 59.9 Å². The van der Waals surface area contributed by atoms with Gasteiger partial charge in [-0.3, -0.25) is 0 Å². The number of thioether (sulfide) groups is 1.